The van der Waals surface area contributed by atoms with Crippen LogP contribution in [0.3, 0.4) is 0 Å². The van der Waals surface area contributed by atoms with Gasteiger partial charge in [-0.2, -0.15) is 0 Å². The first-order valence-electron chi connectivity index (χ1n) is 11.4. The predicted octanol–water partition coefficient (Wildman–Crippen LogP) is 4.14. The van der Waals surface area contributed by atoms with E-state index in [0.717, 1.165) is 23.1 Å². The maximum absolute atomic E-state index is 13.2. The summed E-state index contributed by atoms with van der Waals surface area (Å²) in [5.74, 6) is -0.0887. The van der Waals surface area contributed by atoms with Gasteiger partial charge in [0.05, 0.1) is 17.0 Å². The number of fused-ring (bicyclic) bond motifs is 1. The standard InChI is InChI=1S/C25H35N3O5/c1-24(2,3)32-22(30)18(17-10-11-28(14-17)23(31)33-25(4,5)6)13-21-26-19-9-8-16(15-29)12-20(19)27(21)7/h8-9,12,15,17-18H,10-11,13-14H2,1-7H3/t17-,18?/m0/s1. The second-order valence-electron chi connectivity index (χ2n) is 10.8. The number of hydrogen-bond acceptors (Lipinski definition) is 6. The summed E-state index contributed by atoms with van der Waals surface area (Å²) in [4.78, 5) is 43.4. The molecular formula is C25H35N3O5. The van der Waals surface area contributed by atoms with Crippen molar-refractivity contribution in [3.8, 4) is 0 Å². The van der Waals surface area contributed by atoms with Crippen LogP contribution in [0.15, 0.2) is 18.2 Å². The average Bonchev–Trinajstić information content (AvgIpc) is 3.28. The minimum Gasteiger partial charge on any atom is -0.460 e. The van der Waals surface area contributed by atoms with Gasteiger partial charge in [-0.1, -0.05) is 0 Å². The Bertz CT molecular complexity index is 1040. The molecule has 1 aromatic heterocycles. The van der Waals surface area contributed by atoms with Crippen LogP contribution in [-0.2, 0) is 27.7 Å². The number of amides is 1. The van der Waals surface area contributed by atoms with Crippen LogP contribution in [0.4, 0.5) is 4.79 Å². The number of nitrogens with zero attached hydrogens (tertiary/aromatic N) is 3. The van der Waals surface area contributed by atoms with Gasteiger partial charge in [-0.3, -0.25) is 9.59 Å². The van der Waals surface area contributed by atoms with E-state index in [1.165, 1.54) is 0 Å². The average molecular weight is 458 g/mol. The molecule has 1 unspecified atom stereocenters. The van der Waals surface area contributed by atoms with Crippen molar-refractivity contribution >= 4 is 29.4 Å². The molecule has 1 aromatic carbocycles. The first-order chi connectivity index (χ1) is 15.3. The molecule has 1 aliphatic heterocycles. The van der Waals surface area contributed by atoms with Gasteiger partial charge < -0.3 is 18.9 Å². The van der Waals surface area contributed by atoms with E-state index in [1.807, 2.05) is 59.2 Å². The summed E-state index contributed by atoms with van der Waals surface area (Å²) in [6.07, 6.45) is 1.50. The van der Waals surface area contributed by atoms with Gasteiger partial charge in [0.25, 0.3) is 0 Å². The van der Waals surface area contributed by atoms with Crippen LogP contribution in [0.2, 0.25) is 0 Å². The van der Waals surface area contributed by atoms with E-state index in [-0.39, 0.29) is 18.0 Å². The lowest BCUT2D eigenvalue weighted by molar-refractivity contribution is -0.162. The van der Waals surface area contributed by atoms with Crippen LogP contribution in [0.5, 0.6) is 0 Å². The van der Waals surface area contributed by atoms with E-state index in [0.29, 0.717) is 31.5 Å². The van der Waals surface area contributed by atoms with Crippen molar-refractivity contribution in [2.75, 3.05) is 13.1 Å². The van der Waals surface area contributed by atoms with E-state index in [1.54, 1.807) is 17.0 Å². The second kappa shape index (κ2) is 9.15. The molecule has 0 N–H and O–H groups in total. The summed E-state index contributed by atoms with van der Waals surface area (Å²) < 4.78 is 13.2. The van der Waals surface area contributed by atoms with Crippen molar-refractivity contribution in [1.82, 2.24) is 14.5 Å². The molecule has 0 bridgehead atoms. The number of hydrogen-bond donors (Lipinski definition) is 0. The number of aromatic nitrogens is 2. The topological polar surface area (TPSA) is 90.7 Å². The fourth-order valence-electron chi connectivity index (χ4n) is 4.14. The Labute approximate surface area is 195 Å². The number of imidazole rings is 1. The highest BCUT2D eigenvalue weighted by Crippen LogP contribution is 2.31. The first kappa shape index (κ1) is 24.7. The molecule has 1 aliphatic rings. The Kier molecular flexibility index (Phi) is 6.86. The van der Waals surface area contributed by atoms with Crippen LogP contribution in [-0.4, -0.2) is 57.1 Å². The van der Waals surface area contributed by atoms with Gasteiger partial charge in [0.15, 0.2) is 0 Å². The molecule has 1 amide bonds. The van der Waals surface area contributed by atoms with Gasteiger partial charge in [-0.25, -0.2) is 9.78 Å². The first-order valence-corrected chi connectivity index (χ1v) is 11.4. The molecule has 2 atom stereocenters. The summed E-state index contributed by atoms with van der Waals surface area (Å²) in [5, 5.41) is 0. The highest BCUT2D eigenvalue weighted by molar-refractivity contribution is 5.85. The van der Waals surface area contributed by atoms with Crippen molar-refractivity contribution < 1.29 is 23.9 Å². The smallest absolute Gasteiger partial charge is 0.410 e. The Hall–Kier alpha value is -2.90. The number of likely N-dealkylation sites (tertiary alicyclic amines) is 1. The van der Waals surface area contributed by atoms with E-state index >= 15 is 0 Å². The van der Waals surface area contributed by atoms with Crippen LogP contribution < -0.4 is 0 Å². The predicted molar refractivity (Wildman–Crippen MR) is 125 cm³/mol. The Balaban J connectivity index is 1.86. The Morgan fingerprint density at radius 1 is 1.15 bits per heavy atom. The van der Waals surface area contributed by atoms with Gasteiger partial charge in [0, 0.05) is 32.1 Å². The summed E-state index contributed by atoms with van der Waals surface area (Å²) >= 11 is 0. The lowest BCUT2D eigenvalue weighted by Gasteiger charge is -2.28. The Morgan fingerprint density at radius 3 is 2.42 bits per heavy atom. The van der Waals surface area contributed by atoms with E-state index in [9.17, 15) is 14.4 Å². The second-order valence-corrected chi connectivity index (χ2v) is 10.8. The third-order valence-corrected chi connectivity index (χ3v) is 5.69. The number of aldehydes is 1. The SMILES string of the molecule is Cn1c(CC(C(=O)OC(C)(C)C)[C@H]2CCN(C(=O)OC(C)(C)C)C2)nc2ccc(C=O)cc21. The zero-order valence-corrected chi connectivity index (χ0v) is 20.7. The van der Waals surface area contributed by atoms with Crippen molar-refractivity contribution in [3.63, 3.8) is 0 Å². The zero-order chi connectivity index (χ0) is 24.6. The maximum atomic E-state index is 13.2. The molecule has 1 saturated heterocycles. The minimum absolute atomic E-state index is 0.0716. The van der Waals surface area contributed by atoms with Crippen LogP contribution in [0.1, 0.15) is 64.1 Å². The number of carbonyl (C=O) groups excluding carboxylic acids is 3. The number of benzene rings is 1. The monoisotopic (exact) mass is 457 g/mol. The normalized spacial score (nSPS) is 17.8. The van der Waals surface area contributed by atoms with Gasteiger partial charge in [-0.15, -0.1) is 0 Å². The molecular weight excluding hydrogens is 422 g/mol. The number of carbonyl (C=O) groups is 3. The van der Waals surface area contributed by atoms with Crippen molar-refractivity contribution in [3.05, 3.63) is 29.6 Å². The van der Waals surface area contributed by atoms with E-state index in [2.05, 4.69) is 0 Å². The van der Waals surface area contributed by atoms with Gasteiger partial charge >= 0.3 is 12.1 Å². The molecule has 180 valence electrons. The lowest BCUT2D eigenvalue weighted by atomic mass is 9.88. The molecule has 2 heterocycles. The highest BCUT2D eigenvalue weighted by atomic mass is 16.6. The molecule has 33 heavy (non-hydrogen) atoms. The molecule has 0 radical (unpaired) electrons. The Morgan fingerprint density at radius 2 is 1.82 bits per heavy atom. The van der Waals surface area contributed by atoms with Gasteiger partial charge in [0.1, 0.15) is 23.3 Å². The largest absolute Gasteiger partial charge is 0.460 e. The minimum atomic E-state index is -0.621. The number of esters is 1. The van der Waals surface area contributed by atoms with E-state index < -0.39 is 17.1 Å². The van der Waals surface area contributed by atoms with Crippen molar-refractivity contribution in [2.24, 2.45) is 18.9 Å². The molecule has 0 spiro atoms. The molecule has 0 aliphatic carbocycles. The molecule has 8 heteroatoms. The fraction of sp³-hybridized carbons (Fsp3) is 0.600. The molecule has 3 rings (SSSR count). The fourth-order valence-corrected chi connectivity index (χ4v) is 4.14. The molecule has 2 aromatic rings. The number of ether oxygens (including phenoxy) is 2. The number of rotatable bonds is 5. The maximum Gasteiger partial charge on any atom is 0.410 e. The highest BCUT2D eigenvalue weighted by Gasteiger charge is 2.39. The third-order valence-electron chi connectivity index (χ3n) is 5.69. The molecule has 8 nitrogen and oxygen atoms in total. The zero-order valence-electron chi connectivity index (χ0n) is 20.7. The summed E-state index contributed by atoms with van der Waals surface area (Å²) in [6, 6.07) is 5.33. The van der Waals surface area contributed by atoms with E-state index in [4.69, 9.17) is 14.5 Å². The molecule has 1 fully saturated rings. The number of aryl methyl sites for hydroxylation is 1. The van der Waals surface area contributed by atoms with Crippen LogP contribution in [0, 0.1) is 11.8 Å². The summed E-state index contributed by atoms with van der Waals surface area (Å²) in [7, 11) is 1.88. The van der Waals surface area contributed by atoms with Crippen molar-refractivity contribution in [2.45, 2.75) is 65.6 Å². The third kappa shape index (κ3) is 6.12. The summed E-state index contributed by atoms with van der Waals surface area (Å²) in [5.41, 5.74) is 0.976. The van der Waals surface area contributed by atoms with Crippen molar-refractivity contribution in [1.29, 1.82) is 0 Å². The quantitative estimate of drug-likeness (QED) is 0.495. The van der Waals surface area contributed by atoms with Crippen LogP contribution in [0.25, 0.3) is 11.0 Å². The van der Waals surface area contributed by atoms with Gasteiger partial charge in [0.2, 0.25) is 0 Å². The molecule has 0 saturated carbocycles. The van der Waals surface area contributed by atoms with Crippen LogP contribution >= 0.6 is 0 Å². The summed E-state index contributed by atoms with van der Waals surface area (Å²) in [6.45, 7) is 12.0. The lowest BCUT2D eigenvalue weighted by Crippen LogP contribution is -2.38. The van der Waals surface area contributed by atoms with Gasteiger partial charge in [-0.05, 0) is 72.1 Å².